The Kier molecular flexibility index (Phi) is 6.43. The van der Waals surface area contributed by atoms with Gasteiger partial charge in [-0.05, 0) is 37.1 Å². The van der Waals surface area contributed by atoms with Crippen molar-refractivity contribution in [1.29, 1.82) is 0 Å². The number of nitro benzene ring substituents is 1. The molecule has 0 unspecified atom stereocenters. The van der Waals surface area contributed by atoms with Crippen molar-refractivity contribution in [3.63, 3.8) is 0 Å². The number of carbonyl (C=O) groups is 1. The van der Waals surface area contributed by atoms with Crippen LogP contribution in [-0.4, -0.2) is 67.7 Å². The summed E-state index contributed by atoms with van der Waals surface area (Å²) >= 11 is 0. The van der Waals surface area contributed by atoms with Crippen molar-refractivity contribution in [1.82, 2.24) is 9.21 Å². The second-order valence-corrected chi connectivity index (χ2v) is 10.0. The molecule has 9 nitrogen and oxygen atoms in total. The number of para-hydroxylation sites is 1. The van der Waals surface area contributed by atoms with Gasteiger partial charge in [-0.2, -0.15) is 4.31 Å². The fraction of sp³-hybridized carbons (Fsp3) is 0.409. The molecule has 2 saturated heterocycles. The fourth-order valence-electron chi connectivity index (χ4n) is 4.33. The molecular formula is C22H26N4O5S. The minimum atomic E-state index is -3.81. The van der Waals surface area contributed by atoms with E-state index in [4.69, 9.17) is 0 Å². The number of hydrogen-bond donors (Lipinski definition) is 0. The number of nitro groups is 1. The van der Waals surface area contributed by atoms with Gasteiger partial charge in [-0.1, -0.05) is 18.2 Å². The highest BCUT2D eigenvalue weighted by molar-refractivity contribution is 7.89. The third-order valence-electron chi connectivity index (χ3n) is 6.13. The molecule has 32 heavy (non-hydrogen) atoms. The second kappa shape index (κ2) is 9.25. The monoisotopic (exact) mass is 458 g/mol. The number of carbonyl (C=O) groups excluding carboxylic acids is 1. The SMILES string of the molecule is O=C([C@H]1CCCN(S(=O)(=O)c2ccc([N+](=O)[O-])cc2)C1)N1CCN(c2ccccc2)CC1. The number of hydrogen-bond acceptors (Lipinski definition) is 6. The molecular weight excluding hydrogens is 432 g/mol. The second-order valence-electron chi connectivity index (χ2n) is 8.10. The molecule has 2 aliphatic heterocycles. The quantitative estimate of drug-likeness (QED) is 0.503. The van der Waals surface area contributed by atoms with E-state index in [-0.39, 0.29) is 29.0 Å². The highest BCUT2D eigenvalue weighted by Crippen LogP contribution is 2.27. The summed E-state index contributed by atoms with van der Waals surface area (Å²) < 4.78 is 27.4. The third-order valence-corrected chi connectivity index (χ3v) is 8.01. The van der Waals surface area contributed by atoms with Crippen LogP contribution in [0.5, 0.6) is 0 Å². The lowest BCUT2D eigenvalue weighted by molar-refractivity contribution is -0.384. The van der Waals surface area contributed by atoms with E-state index in [1.165, 1.54) is 28.6 Å². The van der Waals surface area contributed by atoms with Crippen LogP contribution < -0.4 is 4.90 Å². The number of rotatable bonds is 5. The molecule has 10 heteroatoms. The van der Waals surface area contributed by atoms with Gasteiger partial charge in [0.05, 0.1) is 15.7 Å². The summed E-state index contributed by atoms with van der Waals surface area (Å²) in [7, 11) is -3.81. The molecule has 0 saturated carbocycles. The minimum Gasteiger partial charge on any atom is -0.368 e. The molecule has 2 fully saturated rings. The van der Waals surface area contributed by atoms with Crippen molar-refractivity contribution < 1.29 is 18.1 Å². The van der Waals surface area contributed by atoms with E-state index in [1.54, 1.807) is 0 Å². The average Bonchev–Trinajstić information content (AvgIpc) is 2.84. The Morgan fingerprint density at radius 1 is 0.938 bits per heavy atom. The molecule has 2 aromatic carbocycles. The molecule has 0 spiro atoms. The van der Waals surface area contributed by atoms with Crippen LogP contribution in [0.15, 0.2) is 59.5 Å². The molecule has 0 bridgehead atoms. The van der Waals surface area contributed by atoms with E-state index in [9.17, 15) is 23.3 Å². The number of nitrogens with zero attached hydrogens (tertiary/aromatic N) is 4. The van der Waals surface area contributed by atoms with Crippen LogP contribution in [0.1, 0.15) is 12.8 Å². The van der Waals surface area contributed by atoms with E-state index in [2.05, 4.69) is 17.0 Å². The summed E-state index contributed by atoms with van der Waals surface area (Å²) in [6.45, 7) is 3.18. The zero-order valence-corrected chi connectivity index (χ0v) is 18.5. The number of non-ortho nitro benzene ring substituents is 1. The van der Waals surface area contributed by atoms with Gasteiger partial charge in [0.2, 0.25) is 15.9 Å². The molecule has 0 aliphatic carbocycles. The van der Waals surface area contributed by atoms with Crippen molar-refractivity contribution in [2.45, 2.75) is 17.7 Å². The van der Waals surface area contributed by atoms with Crippen LogP contribution in [0.2, 0.25) is 0 Å². The van der Waals surface area contributed by atoms with E-state index in [0.29, 0.717) is 32.5 Å². The first kappa shape index (κ1) is 22.2. The Hall–Kier alpha value is -2.98. The Labute approximate surface area is 187 Å². The molecule has 2 aliphatic rings. The van der Waals surface area contributed by atoms with Gasteiger partial charge in [-0.25, -0.2) is 8.42 Å². The maximum absolute atomic E-state index is 13.1. The first-order valence-electron chi connectivity index (χ1n) is 10.7. The maximum atomic E-state index is 13.1. The predicted octanol–water partition coefficient (Wildman–Crippen LogP) is 2.34. The lowest BCUT2D eigenvalue weighted by Gasteiger charge is -2.39. The van der Waals surface area contributed by atoms with Crippen LogP contribution in [0.4, 0.5) is 11.4 Å². The smallest absolute Gasteiger partial charge is 0.269 e. The Morgan fingerprint density at radius 3 is 2.22 bits per heavy atom. The van der Waals surface area contributed by atoms with E-state index in [1.807, 2.05) is 23.1 Å². The number of benzene rings is 2. The Bertz CT molecular complexity index is 1070. The lowest BCUT2D eigenvalue weighted by atomic mass is 9.97. The van der Waals surface area contributed by atoms with E-state index in [0.717, 1.165) is 18.8 Å². The number of anilines is 1. The van der Waals surface area contributed by atoms with Gasteiger partial charge in [-0.15, -0.1) is 0 Å². The van der Waals surface area contributed by atoms with Crippen LogP contribution in [0.25, 0.3) is 0 Å². The summed E-state index contributed by atoms with van der Waals surface area (Å²) in [5.74, 6) is -0.374. The first-order valence-corrected chi connectivity index (χ1v) is 12.1. The van der Waals surface area contributed by atoms with Gasteiger partial charge in [0.25, 0.3) is 5.69 Å². The van der Waals surface area contributed by atoms with Crippen LogP contribution in [0, 0.1) is 16.0 Å². The molecule has 0 radical (unpaired) electrons. The van der Waals surface area contributed by atoms with Crippen molar-refractivity contribution in [2.75, 3.05) is 44.2 Å². The first-order chi connectivity index (χ1) is 15.4. The molecule has 0 aromatic heterocycles. The summed E-state index contributed by atoms with van der Waals surface area (Å²) in [5.41, 5.74) is 0.975. The fourth-order valence-corrected chi connectivity index (χ4v) is 5.86. The van der Waals surface area contributed by atoms with Crippen molar-refractivity contribution in [3.8, 4) is 0 Å². The zero-order valence-electron chi connectivity index (χ0n) is 17.7. The highest BCUT2D eigenvalue weighted by Gasteiger charge is 2.36. The largest absolute Gasteiger partial charge is 0.368 e. The minimum absolute atomic E-state index is 0.00121. The summed E-state index contributed by atoms with van der Waals surface area (Å²) in [6.07, 6.45) is 1.26. The molecule has 0 N–H and O–H groups in total. The van der Waals surface area contributed by atoms with Gasteiger partial charge < -0.3 is 9.80 Å². The summed E-state index contributed by atoms with van der Waals surface area (Å²) in [6, 6.07) is 15.0. The maximum Gasteiger partial charge on any atom is 0.269 e. The van der Waals surface area contributed by atoms with Crippen molar-refractivity contribution in [3.05, 3.63) is 64.7 Å². The molecule has 1 atom stereocenters. The van der Waals surface area contributed by atoms with Gasteiger partial charge in [-0.3, -0.25) is 14.9 Å². The summed E-state index contributed by atoms with van der Waals surface area (Å²) in [5, 5.41) is 10.8. The Morgan fingerprint density at radius 2 is 1.59 bits per heavy atom. The molecule has 170 valence electrons. The summed E-state index contributed by atoms with van der Waals surface area (Å²) in [4.78, 5) is 27.5. The molecule has 4 rings (SSSR count). The number of amides is 1. The van der Waals surface area contributed by atoms with Gasteiger partial charge in [0.15, 0.2) is 0 Å². The van der Waals surface area contributed by atoms with Crippen molar-refractivity contribution >= 4 is 27.3 Å². The number of sulfonamides is 1. The van der Waals surface area contributed by atoms with Gasteiger partial charge in [0, 0.05) is 57.1 Å². The normalized spacial score (nSPS) is 20.2. The van der Waals surface area contributed by atoms with E-state index >= 15 is 0 Å². The van der Waals surface area contributed by atoms with Crippen LogP contribution in [0.3, 0.4) is 0 Å². The molecule has 1 amide bonds. The third kappa shape index (κ3) is 4.61. The van der Waals surface area contributed by atoms with Gasteiger partial charge >= 0.3 is 0 Å². The predicted molar refractivity (Wildman–Crippen MR) is 120 cm³/mol. The standard InChI is InChI=1S/C22H26N4O5S/c27-22(24-15-13-23(14-16-24)19-6-2-1-3-7-19)18-5-4-12-25(17-18)32(30,31)21-10-8-20(9-11-21)26(28)29/h1-3,6-11,18H,4-5,12-17H2/t18-/m0/s1. The zero-order chi connectivity index (χ0) is 22.7. The van der Waals surface area contributed by atoms with Crippen LogP contribution >= 0.6 is 0 Å². The lowest BCUT2D eigenvalue weighted by Crippen LogP contribution is -2.53. The highest BCUT2D eigenvalue weighted by atomic mass is 32.2. The number of piperidine rings is 1. The van der Waals surface area contributed by atoms with Crippen molar-refractivity contribution in [2.24, 2.45) is 5.92 Å². The average molecular weight is 459 g/mol. The van der Waals surface area contributed by atoms with Gasteiger partial charge in [0.1, 0.15) is 0 Å². The molecule has 2 heterocycles. The molecule has 2 aromatic rings. The Balaban J connectivity index is 1.39. The van der Waals surface area contributed by atoms with E-state index < -0.39 is 14.9 Å². The van der Waals surface area contributed by atoms with Crippen LogP contribution in [-0.2, 0) is 14.8 Å². The number of piperazine rings is 1. The topological polar surface area (TPSA) is 104 Å².